The van der Waals surface area contributed by atoms with Crippen molar-refractivity contribution in [2.75, 3.05) is 6.54 Å². The fraction of sp³-hybridized carbons (Fsp3) is 0.290. The highest BCUT2D eigenvalue weighted by Crippen LogP contribution is 2.44. The molecule has 0 unspecified atom stereocenters. The van der Waals surface area contributed by atoms with Crippen LogP contribution in [0, 0.1) is 18.6 Å². The lowest BCUT2D eigenvalue weighted by molar-refractivity contribution is -0.123. The quantitative estimate of drug-likeness (QED) is 0.498. The number of allylic oxidation sites excluding steroid dienone is 1. The van der Waals surface area contributed by atoms with E-state index in [1.165, 1.54) is 17.6 Å². The van der Waals surface area contributed by atoms with Crippen LogP contribution in [0.3, 0.4) is 0 Å². The van der Waals surface area contributed by atoms with E-state index < -0.39 is 40.5 Å². The highest BCUT2D eigenvalue weighted by atomic mass is 19.1. The zero-order chi connectivity index (χ0) is 29.1. The maximum Gasteiger partial charge on any atom is 0.275 e. The first-order chi connectivity index (χ1) is 19.6. The number of aryl methyl sites for hydroxylation is 1. The molecule has 2 bridgehead atoms. The number of pyridine rings is 1. The Bertz CT molecular complexity index is 1690. The number of nitrogens with zero attached hydrogens (tertiary/aromatic N) is 2. The molecule has 1 N–H and O–H groups in total. The van der Waals surface area contributed by atoms with Gasteiger partial charge in [0.25, 0.3) is 11.8 Å². The summed E-state index contributed by atoms with van der Waals surface area (Å²) < 4.78 is 35.6. The third-order valence-corrected chi connectivity index (χ3v) is 8.27. The van der Waals surface area contributed by atoms with E-state index in [1.54, 1.807) is 42.2 Å². The summed E-state index contributed by atoms with van der Waals surface area (Å²) in [4.78, 5) is 56.6. The number of hydrogen-bond acceptors (Lipinski definition) is 5. The van der Waals surface area contributed by atoms with E-state index in [9.17, 15) is 28.0 Å². The van der Waals surface area contributed by atoms with Crippen LogP contribution in [0.2, 0.25) is 0 Å². The van der Waals surface area contributed by atoms with Gasteiger partial charge in [-0.15, -0.1) is 0 Å². The van der Waals surface area contributed by atoms with Crippen molar-refractivity contribution in [3.63, 3.8) is 0 Å². The van der Waals surface area contributed by atoms with E-state index >= 15 is 0 Å². The molecule has 6 rings (SSSR count). The summed E-state index contributed by atoms with van der Waals surface area (Å²) >= 11 is 0. The standard InChI is InChI=1S/C31H27F2N3O5/c1-17-12-20(32)13-22(33)21(17)14-34-29(39)25-23-10-11-31-16-35(18(2)8-9-24(31)37)30(40)26(36(23)31)28(27(25)38)41-15-19-6-4-3-5-7-19/h3-9,12-13,18H,10-11,14-16H2,1-2H3,(H,34,39)/t18-,31+/m0/s1. The van der Waals surface area contributed by atoms with Gasteiger partial charge in [-0.1, -0.05) is 36.4 Å². The number of hydrogen-bond donors (Lipinski definition) is 1. The molecule has 3 aromatic rings. The molecule has 0 saturated heterocycles. The van der Waals surface area contributed by atoms with Gasteiger partial charge in [-0.25, -0.2) is 8.78 Å². The number of carbonyl (C=O) groups excluding carboxylic acids is 3. The summed E-state index contributed by atoms with van der Waals surface area (Å²) in [5.41, 5.74) is -0.905. The molecule has 4 heterocycles. The van der Waals surface area contributed by atoms with Gasteiger partial charge in [-0.3, -0.25) is 19.2 Å². The van der Waals surface area contributed by atoms with E-state index in [-0.39, 0.29) is 66.6 Å². The summed E-state index contributed by atoms with van der Waals surface area (Å²) in [6.45, 7) is 3.07. The fourth-order valence-corrected chi connectivity index (χ4v) is 6.12. The lowest BCUT2D eigenvalue weighted by atomic mass is 9.88. The van der Waals surface area contributed by atoms with Crippen molar-refractivity contribution < 1.29 is 27.9 Å². The molecule has 2 atom stereocenters. The minimum absolute atomic E-state index is 0.0501. The first-order valence-electron chi connectivity index (χ1n) is 13.4. The van der Waals surface area contributed by atoms with Crippen LogP contribution in [0.5, 0.6) is 5.75 Å². The molecule has 0 fully saturated rings. The van der Waals surface area contributed by atoms with E-state index in [0.29, 0.717) is 5.56 Å². The molecule has 0 aliphatic carbocycles. The van der Waals surface area contributed by atoms with Crippen molar-refractivity contribution in [3.8, 4) is 5.75 Å². The third-order valence-electron chi connectivity index (χ3n) is 8.27. The number of rotatable bonds is 6. The van der Waals surface area contributed by atoms with Crippen LogP contribution >= 0.6 is 0 Å². The molecule has 41 heavy (non-hydrogen) atoms. The molecular weight excluding hydrogens is 532 g/mol. The predicted octanol–water partition coefficient (Wildman–Crippen LogP) is 3.57. The molecule has 1 spiro atoms. The smallest absolute Gasteiger partial charge is 0.275 e. The summed E-state index contributed by atoms with van der Waals surface area (Å²) in [7, 11) is 0. The van der Waals surface area contributed by atoms with Crippen LogP contribution in [-0.4, -0.2) is 39.7 Å². The highest BCUT2D eigenvalue weighted by molar-refractivity contribution is 6.06. The first kappa shape index (κ1) is 26.6. The second-order valence-electron chi connectivity index (χ2n) is 10.7. The van der Waals surface area contributed by atoms with Gasteiger partial charge in [0.15, 0.2) is 17.2 Å². The molecule has 3 aliphatic heterocycles. The molecule has 1 aromatic heterocycles. The Labute approximate surface area is 234 Å². The Morgan fingerprint density at radius 1 is 1.15 bits per heavy atom. The maximum atomic E-state index is 14.5. The van der Waals surface area contributed by atoms with Crippen LogP contribution in [0.1, 0.15) is 56.6 Å². The Hall–Kier alpha value is -4.60. The Balaban J connectivity index is 1.49. The zero-order valence-electron chi connectivity index (χ0n) is 22.5. The number of aromatic nitrogens is 1. The van der Waals surface area contributed by atoms with Gasteiger partial charge in [0.2, 0.25) is 5.43 Å². The van der Waals surface area contributed by atoms with E-state index in [0.717, 1.165) is 17.7 Å². The number of amides is 2. The predicted molar refractivity (Wildman–Crippen MR) is 145 cm³/mol. The number of halogens is 2. The first-order valence-corrected chi connectivity index (χ1v) is 13.4. The van der Waals surface area contributed by atoms with Crippen molar-refractivity contribution in [2.24, 2.45) is 0 Å². The Kier molecular flexibility index (Phi) is 6.36. The van der Waals surface area contributed by atoms with Gasteiger partial charge >= 0.3 is 0 Å². The van der Waals surface area contributed by atoms with Crippen molar-refractivity contribution in [1.29, 1.82) is 0 Å². The van der Waals surface area contributed by atoms with Gasteiger partial charge in [-0.05, 0) is 50.0 Å². The van der Waals surface area contributed by atoms with Crippen molar-refractivity contribution >= 4 is 17.6 Å². The minimum atomic E-state index is -1.19. The van der Waals surface area contributed by atoms with Gasteiger partial charge in [0, 0.05) is 29.9 Å². The van der Waals surface area contributed by atoms with Crippen molar-refractivity contribution in [3.05, 3.63) is 110 Å². The molecule has 210 valence electrons. The normalized spacial score (nSPS) is 20.6. The van der Waals surface area contributed by atoms with Crippen LogP contribution in [0.15, 0.2) is 59.4 Å². The van der Waals surface area contributed by atoms with Crippen LogP contribution in [-0.2, 0) is 29.9 Å². The number of benzene rings is 2. The second kappa shape index (κ2) is 9.79. The van der Waals surface area contributed by atoms with E-state index in [1.807, 2.05) is 6.07 Å². The summed E-state index contributed by atoms with van der Waals surface area (Å²) in [5.74, 6) is -3.37. The molecule has 8 nitrogen and oxygen atoms in total. The maximum absolute atomic E-state index is 14.5. The Morgan fingerprint density at radius 3 is 2.63 bits per heavy atom. The van der Waals surface area contributed by atoms with Crippen molar-refractivity contribution in [1.82, 2.24) is 14.8 Å². The van der Waals surface area contributed by atoms with E-state index in [4.69, 9.17) is 4.74 Å². The van der Waals surface area contributed by atoms with Gasteiger partial charge < -0.3 is 19.5 Å². The zero-order valence-corrected chi connectivity index (χ0v) is 22.5. The number of ketones is 1. The molecule has 0 radical (unpaired) electrons. The molecule has 3 aliphatic rings. The number of ether oxygens (including phenoxy) is 1. The monoisotopic (exact) mass is 559 g/mol. The highest BCUT2D eigenvalue weighted by Gasteiger charge is 2.55. The number of nitrogens with one attached hydrogen (secondary N) is 1. The van der Waals surface area contributed by atoms with Gasteiger partial charge in [-0.2, -0.15) is 0 Å². The fourth-order valence-electron chi connectivity index (χ4n) is 6.12. The number of carbonyl (C=O) groups is 3. The molecule has 10 heteroatoms. The van der Waals surface area contributed by atoms with Gasteiger partial charge in [0.1, 0.15) is 29.3 Å². The molecule has 2 aromatic carbocycles. The molecule has 0 saturated carbocycles. The summed E-state index contributed by atoms with van der Waals surface area (Å²) in [6, 6.07) is 10.5. The lowest BCUT2D eigenvalue weighted by Gasteiger charge is -2.42. The second-order valence-corrected chi connectivity index (χ2v) is 10.7. The topological polar surface area (TPSA) is 97.7 Å². The molecule has 2 amide bonds. The lowest BCUT2D eigenvalue weighted by Crippen LogP contribution is -2.57. The van der Waals surface area contributed by atoms with Crippen LogP contribution in [0.25, 0.3) is 0 Å². The third kappa shape index (κ3) is 4.16. The van der Waals surface area contributed by atoms with Crippen LogP contribution in [0.4, 0.5) is 8.78 Å². The average Bonchev–Trinajstić information content (AvgIpc) is 3.27. The van der Waals surface area contributed by atoms with E-state index in [2.05, 4.69) is 5.32 Å². The Morgan fingerprint density at radius 2 is 1.90 bits per heavy atom. The molecular formula is C31H27F2N3O5. The summed E-state index contributed by atoms with van der Waals surface area (Å²) in [6.07, 6.45) is 3.61. The average molecular weight is 560 g/mol. The van der Waals surface area contributed by atoms with Crippen molar-refractivity contribution in [2.45, 2.75) is 51.4 Å². The SMILES string of the molecule is Cc1cc(F)cc(F)c1CNC(=O)c1c2n3c(c(OCc4ccccc4)c1=O)C(=O)N1C[C@]3(CC2)C(=O)C=C[C@@H]1C. The number of fused-ring (bicyclic) bond motifs is 1. The van der Waals surface area contributed by atoms with Gasteiger partial charge in [0.05, 0.1) is 6.54 Å². The minimum Gasteiger partial charge on any atom is -0.483 e. The van der Waals surface area contributed by atoms with Crippen LogP contribution < -0.4 is 15.5 Å². The summed E-state index contributed by atoms with van der Waals surface area (Å²) in [5, 5.41) is 2.59. The largest absolute Gasteiger partial charge is 0.483 e.